The van der Waals surface area contributed by atoms with E-state index in [4.69, 9.17) is 0 Å². The minimum Gasteiger partial charge on any atom is -0.353 e. The first-order valence-electron chi connectivity index (χ1n) is 8.20. The van der Waals surface area contributed by atoms with Crippen LogP contribution in [0.4, 0.5) is 18.9 Å². The number of hydrogen-bond donors (Lipinski definition) is 3. The summed E-state index contributed by atoms with van der Waals surface area (Å²) in [7, 11) is 0. The molecule has 2 aromatic rings. The number of rotatable bonds is 6. The Balaban J connectivity index is 2.20. The predicted octanol–water partition coefficient (Wildman–Crippen LogP) is 3.26. The van der Waals surface area contributed by atoms with Crippen molar-refractivity contribution < 1.29 is 22.8 Å². The highest BCUT2D eigenvalue weighted by atomic mass is 32.2. The van der Waals surface area contributed by atoms with Gasteiger partial charge >= 0.3 is 6.18 Å². The number of thioether (sulfide) groups is 1. The zero-order valence-corrected chi connectivity index (χ0v) is 15.8. The molecular weight excluding hydrogens is 395 g/mol. The third-order valence-electron chi connectivity index (χ3n) is 3.42. The fourth-order valence-corrected chi connectivity index (χ4v) is 3.08. The first kappa shape index (κ1) is 21.5. The molecule has 0 fully saturated rings. The lowest BCUT2D eigenvalue weighted by molar-refractivity contribution is -0.137. The molecule has 0 spiro atoms. The molecule has 150 valence electrons. The molecule has 1 aromatic heterocycles. The van der Waals surface area contributed by atoms with Gasteiger partial charge in [0.15, 0.2) is 0 Å². The summed E-state index contributed by atoms with van der Waals surface area (Å²) in [4.78, 5) is 38.5. The lowest BCUT2D eigenvalue weighted by atomic mass is 10.2. The van der Waals surface area contributed by atoms with Crippen LogP contribution in [0.15, 0.2) is 46.2 Å². The fourth-order valence-electron chi connectivity index (χ4n) is 2.22. The SMILES string of the molecule is CC(C)NC(=O)CSc1ccccc1C(=O)Nc1cc(C(F)(F)F)c[nH]c1=O. The molecule has 0 aliphatic heterocycles. The molecule has 0 aliphatic carbocycles. The highest BCUT2D eigenvalue weighted by Gasteiger charge is 2.31. The largest absolute Gasteiger partial charge is 0.417 e. The van der Waals surface area contributed by atoms with E-state index in [1.54, 1.807) is 18.2 Å². The van der Waals surface area contributed by atoms with Gasteiger partial charge in [0.25, 0.3) is 11.5 Å². The second-order valence-corrected chi connectivity index (χ2v) is 7.11. The van der Waals surface area contributed by atoms with E-state index in [0.717, 1.165) is 11.8 Å². The molecule has 0 bridgehead atoms. The Labute approximate surface area is 162 Å². The molecule has 0 unspecified atom stereocenters. The van der Waals surface area contributed by atoms with Crippen molar-refractivity contribution in [2.75, 3.05) is 11.1 Å². The van der Waals surface area contributed by atoms with Crippen LogP contribution < -0.4 is 16.2 Å². The predicted molar refractivity (Wildman–Crippen MR) is 100 cm³/mol. The van der Waals surface area contributed by atoms with E-state index >= 15 is 0 Å². The molecule has 2 rings (SSSR count). The summed E-state index contributed by atoms with van der Waals surface area (Å²) in [5, 5.41) is 4.92. The van der Waals surface area contributed by atoms with E-state index in [-0.39, 0.29) is 23.3 Å². The molecule has 0 atom stereocenters. The monoisotopic (exact) mass is 413 g/mol. The molecule has 0 aliphatic rings. The van der Waals surface area contributed by atoms with Crippen molar-refractivity contribution in [3.05, 3.63) is 58.0 Å². The third-order valence-corrected chi connectivity index (χ3v) is 4.49. The van der Waals surface area contributed by atoms with E-state index < -0.39 is 28.9 Å². The van der Waals surface area contributed by atoms with Gasteiger partial charge in [-0.3, -0.25) is 14.4 Å². The molecule has 10 heteroatoms. The number of hydrogen-bond acceptors (Lipinski definition) is 4. The molecule has 3 N–H and O–H groups in total. The van der Waals surface area contributed by atoms with Gasteiger partial charge in [0.1, 0.15) is 5.69 Å². The van der Waals surface area contributed by atoms with Crippen molar-refractivity contribution in [1.29, 1.82) is 0 Å². The van der Waals surface area contributed by atoms with Crippen LogP contribution in [-0.2, 0) is 11.0 Å². The number of carbonyl (C=O) groups excluding carboxylic acids is 2. The van der Waals surface area contributed by atoms with Gasteiger partial charge in [-0.05, 0) is 32.0 Å². The summed E-state index contributed by atoms with van der Waals surface area (Å²) in [5.41, 5.74) is -2.32. The maximum absolute atomic E-state index is 12.8. The first-order valence-corrected chi connectivity index (χ1v) is 9.19. The van der Waals surface area contributed by atoms with Crippen molar-refractivity contribution in [3.63, 3.8) is 0 Å². The van der Waals surface area contributed by atoms with Crippen LogP contribution in [0, 0.1) is 0 Å². The van der Waals surface area contributed by atoms with Gasteiger partial charge in [0.05, 0.1) is 16.9 Å². The zero-order valence-electron chi connectivity index (χ0n) is 15.0. The van der Waals surface area contributed by atoms with Gasteiger partial charge in [-0.2, -0.15) is 13.2 Å². The fraction of sp³-hybridized carbons (Fsp3) is 0.278. The minimum absolute atomic E-state index is 0.0284. The molecule has 0 saturated heterocycles. The maximum atomic E-state index is 12.8. The van der Waals surface area contributed by atoms with Crippen LogP contribution in [-0.4, -0.2) is 28.6 Å². The summed E-state index contributed by atoms with van der Waals surface area (Å²) in [6.45, 7) is 3.63. The van der Waals surface area contributed by atoms with Gasteiger partial charge < -0.3 is 15.6 Å². The van der Waals surface area contributed by atoms with Crippen molar-refractivity contribution in [2.45, 2.75) is 31.0 Å². The Morgan fingerprint density at radius 2 is 1.89 bits per heavy atom. The number of halogens is 3. The standard InChI is InChI=1S/C18H18F3N3O3S/c1-10(2)23-15(25)9-28-14-6-4-3-5-12(14)16(26)24-13-7-11(18(19,20)21)8-22-17(13)27/h3-8,10H,9H2,1-2H3,(H,22,27)(H,23,25)(H,24,26). The van der Waals surface area contributed by atoms with Crippen LogP contribution in [0.2, 0.25) is 0 Å². The molecule has 6 nitrogen and oxygen atoms in total. The third kappa shape index (κ3) is 5.88. The van der Waals surface area contributed by atoms with Crippen LogP contribution in [0.3, 0.4) is 0 Å². The smallest absolute Gasteiger partial charge is 0.353 e. The normalized spacial score (nSPS) is 11.4. The summed E-state index contributed by atoms with van der Waals surface area (Å²) in [6.07, 6.45) is -4.13. The molecule has 2 amide bonds. The molecule has 1 aromatic carbocycles. The maximum Gasteiger partial charge on any atom is 0.417 e. The Hall–Kier alpha value is -2.75. The van der Waals surface area contributed by atoms with E-state index in [2.05, 4.69) is 10.6 Å². The quantitative estimate of drug-likeness (QED) is 0.634. The van der Waals surface area contributed by atoms with Crippen LogP contribution in [0.5, 0.6) is 0 Å². The number of anilines is 1. The second kappa shape index (κ2) is 8.96. The van der Waals surface area contributed by atoms with Gasteiger partial charge in [0, 0.05) is 17.1 Å². The van der Waals surface area contributed by atoms with Crippen molar-refractivity contribution >= 4 is 29.3 Å². The summed E-state index contributed by atoms with van der Waals surface area (Å²) < 4.78 is 38.4. The average Bonchev–Trinajstić information content (AvgIpc) is 2.60. The second-order valence-electron chi connectivity index (χ2n) is 6.09. The van der Waals surface area contributed by atoms with E-state index in [0.29, 0.717) is 17.2 Å². The number of alkyl halides is 3. The summed E-state index contributed by atoms with van der Waals surface area (Å²) in [6, 6.07) is 6.85. The van der Waals surface area contributed by atoms with Crippen molar-refractivity contribution in [1.82, 2.24) is 10.3 Å². The Kier molecular flexibility index (Phi) is 6.90. The van der Waals surface area contributed by atoms with Crippen LogP contribution >= 0.6 is 11.8 Å². The number of aromatic amines is 1. The lowest BCUT2D eigenvalue weighted by Crippen LogP contribution is -2.31. The molecule has 0 radical (unpaired) electrons. The highest BCUT2D eigenvalue weighted by Crippen LogP contribution is 2.29. The lowest BCUT2D eigenvalue weighted by Gasteiger charge is -2.12. The van der Waals surface area contributed by atoms with Gasteiger partial charge in [-0.1, -0.05) is 12.1 Å². The Bertz CT molecular complexity index is 926. The summed E-state index contributed by atoms with van der Waals surface area (Å²) in [5.74, 6) is -0.909. The highest BCUT2D eigenvalue weighted by molar-refractivity contribution is 8.00. The number of pyridine rings is 1. The Morgan fingerprint density at radius 3 is 2.54 bits per heavy atom. The number of benzene rings is 1. The zero-order chi connectivity index (χ0) is 20.9. The molecular formula is C18H18F3N3O3S. The first-order chi connectivity index (χ1) is 13.1. The topological polar surface area (TPSA) is 91.1 Å². The number of aromatic nitrogens is 1. The molecule has 1 heterocycles. The number of carbonyl (C=O) groups is 2. The number of H-pyrrole nitrogens is 1. The van der Waals surface area contributed by atoms with E-state index in [1.165, 1.54) is 6.07 Å². The van der Waals surface area contributed by atoms with Crippen LogP contribution in [0.1, 0.15) is 29.8 Å². The number of nitrogens with one attached hydrogen (secondary N) is 3. The van der Waals surface area contributed by atoms with Gasteiger partial charge in [0.2, 0.25) is 5.91 Å². The van der Waals surface area contributed by atoms with Crippen molar-refractivity contribution in [3.8, 4) is 0 Å². The van der Waals surface area contributed by atoms with Gasteiger partial charge in [-0.15, -0.1) is 11.8 Å². The van der Waals surface area contributed by atoms with Crippen LogP contribution in [0.25, 0.3) is 0 Å². The van der Waals surface area contributed by atoms with E-state index in [1.807, 2.05) is 18.8 Å². The summed E-state index contributed by atoms with van der Waals surface area (Å²) >= 11 is 1.11. The van der Waals surface area contributed by atoms with Gasteiger partial charge in [-0.25, -0.2) is 0 Å². The van der Waals surface area contributed by atoms with Crippen molar-refractivity contribution in [2.24, 2.45) is 0 Å². The number of amides is 2. The Morgan fingerprint density at radius 1 is 1.21 bits per heavy atom. The van der Waals surface area contributed by atoms with E-state index in [9.17, 15) is 27.6 Å². The molecule has 0 saturated carbocycles. The minimum atomic E-state index is -4.67. The average molecular weight is 413 g/mol. The molecule has 28 heavy (non-hydrogen) atoms.